The molecule has 1 unspecified atom stereocenters. The molecule has 0 bridgehead atoms. The third-order valence-corrected chi connectivity index (χ3v) is 7.35. The summed E-state index contributed by atoms with van der Waals surface area (Å²) >= 11 is 1.62. The molecule has 21 heavy (non-hydrogen) atoms. The quantitative estimate of drug-likeness (QED) is 0.720. The fourth-order valence-corrected chi connectivity index (χ4v) is 5.68. The first-order valence-electron chi connectivity index (χ1n) is 7.27. The molecule has 0 saturated carbocycles. The Morgan fingerprint density at radius 1 is 1.29 bits per heavy atom. The molecule has 0 aromatic rings. The molecule has 0 N–H and O–H groups in total. The molecular formula is C13H22N2O4S2. The number of carbonyl (C=O) groups is 2. The van der Waals surface area contributed by atoms with E-state index < -0.39 is 15.2 Å². The first-order valence-corrected chi connectivity index (χ1v) is 10.1. The summed E-state index contributed by atoms with van der Waals surface area (Å²) in [4.78, 5) is 27.0. The summed E-state index contributed by atoms with van der Waals surface area (Å²) in [6.07, 6.45) is 0.830. The summed E-state index contributed by atoms with van der Waals surface area (Å²) < 4.78 is 24.3. The second-order valence-corrected chi connectivity index (χ2v) is 8.97. The third-order valence-electron chi connectivity index (χ3n) is 4.02. The van der Waals surface area contributed by atoms with Crippen LogP contribution in [0.4, 0.5) is 0 Å². The number of hydrogen-bond donors (Lipinski definition) is 0. The van der Waals surface area contributed by atoms with Crippen molar-refractivity contribution in [1.29, 1.82) is 0 Å². The highest BCUT2D eigenvalue weighted by Gasteiger charge is 2.34. The minimum atomic E-state index is -3.18. The lowest BCUT2D eigenvalue weighted by atomic mass is 10.1. The zero-order valence-corrected chi connectivity index (χ0v) is 13.9. The maximum atomic E-state index is 12.3. The van der Waals surface area contributed by atoms with E-state index in [1.807, 2.05) is 0 Å². The van der Waals surface area contributed by atoms with Gasteiger partial charge >= 0.3 is 0 Å². The van der Waals surface area contributed by atoms with Crippen LogP contribution in [0.3, 0.4) is 0 Å². The zero-order chi connectivity index (χ0) is 15.5. The molecule has 1 amide bonds. The Morgan fingerprint density at radius 2 is 1.95 bits per heavy atom. The molecule has 120 valence electrons. The molecule has 1 atom stereocenters. The normalized spacial score (nSPS) is 25.1. The Bertz CT molecular complexity index is 496. The minimum absolute atomic E-state index is 0.0642. The average Bonchev–Trinajstić information content (AvgIpc) is 2.48. The number of likely N-dealkylation sites (tertiary alicyclic amines) is 1. The van der Waals surface area contributed by atoms with Crippen LogP contribution in [0.1, 0.15) is 19.8 Å². The predicted octanol–water partition coefficient (Wildman–Crippen LogP) is -0.0125. The maximum absolute atomic E-state index is 12.3. The topological polar surface area (TPSA) is 74.8 Å². The Balaban J connectivity index is 1.99. The Morgan fingerprint density at radius 3 is 2.57 bits per heavy atom. The second kappa shape index (κ2) is 7.11. The highest BCUT2D eigenvalue weighted by atomic mass is 32.2. The molecule has 2 heterocycles. The number of nitrogens with zero attached hydrogens (tertiary/aromatic N) is 2. The number of hydrogen-bond acceptors (Lipinski definition) is 6. The molecule has 0 aromatic carbocycles. The van der Waals surface area contributed by atoms with Gasteiger partial charge in [-0.3, -0.25) is 14.5 Å². The standard InChI is InChI=1S/C13H22N2O4S2/c1-2-21(18,19)13-10-20-8-7-15(13)9-12(17)14-5-3-11(16)4-6-14/h13H,2-10H2,1H3. The zero-order valence-electron chi connectivity index (χ0n) is 12.3. The van der Waals surface area contributed by atoms with Crippen molar-refractivity contribution in [2.24, 2.45) is 0 Å². The van der Waals surface area contributed by atoms with Crippen LogP contribution in [-0.4, -0.2) is 78.7 Å². The molecule has 8 heteroatoms. The van der Waals surface area contributed by atoms with Gasteiger partial charge in [0.05, 0.1) is 6.54 Å². The Kier molecular flexibility index (Phi) is 5.67. The number of piperidine rings is 1. The van der Waals surface area contributed by atoms with Gasteiger partial charge < -0.3 is 4.90 Å². The average molecular weight is 334 g/mol. The minimum Gasteiger partial charge on any atom is -0.341 e. The van der Waals surface area contributed by atoms with Crippen molar-refractivity contribution < 1.29 is 18.0 Å². The van der Waals surface area contributed by atoms with Crippen molar-refractivity contribution in [3.8, 4) is 0 Å². The van der Waals surface area contributed by atoms with E-state index in [0.29, 0.717) is 38.2 Å². The van der Waals surface area contributed by atoms with Gasteiger partial charge in [0.25, 0.3) is 0 Å². The molecule has 2 saturated heterocycles. The molecular weight excluding hydrogens is 312 g/mol. The van der Waals surface area contributed by atoms with Gasteiger partial charge in [-0.2, -0.15) is 11.8 Å². The van der Waals surface area contributed by atoms with E-state index in [4.69, 9.17) is 0 Å². The van der Waals surface area contributed by atoms with Gasteiger partial charge in [0, 0.05) is 49.7 Å². The fourth-order valence-electron chi connectivity index (χ4n) is 2.60. The molecule has 2 rings (SSSR count). The number of rotatable bonds is 4. The van der Waals surface area contributed by atoms with Crippen LogP contribution in [0.25, 0.3) is 0 Å². The van der Waals surface area contributed by atoms with E-state index in [-0.39, 0.29) is 24.0 Å². The van der Waals surface area contributed by atoms with Crippen LogP contribution in [-0.2, 0) is 19.4 Å². The monoisotopic (exact) mass is 334 g/mol. The van der Waals surface area contributed by atoms with Crippen molar-refractivity contribution in [1.82, 2.24) is 9.80 Å². The second-order valence-electron chi connectivity index (χ2n) is 5.37. The molecule has 0 aromatic heterocycles. The lowest BCUT2D eigenvalue weighted by Gasteiger charge is -2.36. The van der Waals surface area contributed by atoms with Crippen LogP contribution in [0, 0.1) is 0 Å². The maximum Gasteiger partial charge on any atom is 0.236 e. The van der Waals surface area contributed by atoms with Gasteiger partial charge in [-0.25, -0.2) is 8.42 Å². The highest BCUT2D eigenvalue weighted by molar-refractivity contribution is 8.01. The third kappa shape index (κ3) is 4.20. The smallest absolute Gasteiger partial charge is 0.236 e. The molecule has 0 spiro atoms. The molecule has 6 nitrogen and oxygen atoms in total. The predicted molar refractivity (Wildman–Crippen MR) is 83.0 cm³/mol. The summed E-state index contributed by atoms with van der Waals surface area (Å²) in [5.41, 5.74) is 0. The van der Waals surface area contributed by atoms with E-state index >= 15 is 0 Å². The number of sulfone groups is 1. The van der Waals surface area contributed by atoms with E-state index in [9.17, 15) is 18.0 Å². The molecule has 2 aliphatic heterocycles. The van der Waals surface area contributed by atoms with E-state index in [1.165, 1.54) is 0 Å². The highest BCUT2D eigenvalue weighted by Crippen LogP contribution is 2.21. The van der Waals surface area contributed by atoms with Crippen molar-refractivity contribution in [2.75, 3.05) is 43.4 Å². The SMILES string of the molecule is CCS(=O)(=O)C1CSCCN1CC(=O)N1CCC(=O)CC1. The first kappa shape index (κ1) is 16.8. The summed E-state index contributed by atoms with van der Waals surface area (Å²) in [6.45, 7) is 3.33. The van der Waals surface area contributed by atoms with Gasteiger partial charge in [-0.05, 0) is 0 Å². The lowest BCUT2D eigenvalue weighted by Crippen LogP contribution is -2.52. The summed E-state index contributed by atoms with van der Waals surface area (Å²) in [5, 5.41) is -0.559. The van der Waals surface area contributed by atoms with Crippen LogP contribution >= 0.6 is 11.8 Å². The Hall–Kier alpha value is -0.600. The lowest BCUT2D eigenvalue weighted by molar-refractivity contribution is -0.135. The molecule has 2 fully saturated rings. The van der Waals surface area contributed by atoms with Gasteiger partial charge in [-0.15, -0.1) is 0 Å². The first-order chi connectivity index (χ1) is 9.94. The number of Topliss-reactive ketones (excluding diaryl/α,β-unsaturated/α-hetero) is 1. The largest absolute Gasteiger partial charge is 0.341 e. The Labute approximate surface area is 130 Å². The van der Waals surface area contributed by atoms with E-state index in [1.54, 1.807) is 28.5 Å². The summed E-state index contributed by atoms with van der Waals surface area (Å²) in [7, 11) is -3.18. The van der Waals surface area contributed by atoms with Gasteiger partial charge in [0.1, 0.15) is 11.2 Å². The van der Waals surface area contributed by atoms with Gasteiger partial charge in [-0.1, -0.05) is 6.92 Å². The van der Waals surface area contributed by atoms with Crippen LogP contribution in [0.15, 0.2) is 0 Å². The van der Waals surface area contributed by atoms with Crippen molar-refractivity contribution >= 4 is 33.3 Å². The van der Waals surface area contributed by atoms with Crippen LogP contribution in [0.5, 0.6) is 0 Å². The number of ketones is 1. The van der Waals surface area contributed by atoms with Gasteiger partial charge in [0.2, 0.25) is 5.91 Å². The summed E-state index contributed by atoms with van der Waals surface area (Å²) in [6, 6.07) is 0. The number of thioether (sulfide) groups is 1. The van der Waals surface area contributed by atoms with Crippen LogP contribution in [0.2, 0.25) is 0 Å². The van der Waals surface area contributed by atoms with Gasteiger partial charge in [0.15, 0.2) is 9.84 Å². The molecule has 0 aliphatic carbocycles. The number of carbonyl (C=O) groups excluding carboxylic acids is 2. The fraction of sp³-hybridized carbons (Fsp3) is 0.846. The van der Waals surface area contributed by atoms with Crippen molar-refractivity contribution in [2.45, 2.75) is 25.1 Å². The van der Waals surface area contributed by atoms with E-state index in [2.05, 4.69) is 0 Å². The van der Waals surface area contributed by atoms with Crippen molar-refractivity contribution in [3.05, 3.63) is 0 Å². The van der Waals surface area contributed by atoms with Crippen molar-refractivity contribution in [3.63, 3.8) is 0 Å². The number of amides is 1. The van der Waals surface area contributed by atoms with E-state index in [0.717, 1.165) is 5.75 Å². The summed E-state index contributed by atoms with van der Waals surface area (Å²) in [5.74, 6) is 1.61. The molecule has 0 radical (unpaired) electrons. The van der Waals surface area contributed by atoms with Crippen LogP contribution < -0.4 is 0 Å². The molecule has 2 aliphatic rings.